The Labute approximate surface area is 198 Å². The standard InChI is InChI=1S/C24H29N5O3S/c1-4-28-11-13-29(14-12-28)21-10-7-19(15-17(21)2)25-22(30)16-33-24-27-26-23(32-24)18-5-8-20(31-3)9-6-18/h5-10,15H,4,11-14,16H2,1-3H3,(H,25,30). The van der Waals surface area contributed by atoms with Gasteiger partial charge in [-0.1, -0.05) is 18.7 Å². The Hall–Kier alpha value is -3.04. The molecule has 0 unspecified atom stereocenters. The fraction of sp³-hybridized carbons (Fsp3) is 0.375. The van der Waals surface area contributed by atoms with E-state index in [0.717, 1.165) is 55.3 Å². The van der Waals surface area contributed by atoms with Crippen LogP contribution in [0.15, 0.2) is 52.1 Å². The molecule has 4 rings (SSSR count). The molecule has 1 aliphatic rings. The van der Waals surface area contributed by atoms with Crippen molar-refractivity contribution in [1.82, 2.24) is 15.1 Å². The molecule has 1 fully saturated rings. The molecule has 174 valence electrons. The Bertz CT molecular complexity index is 1080. The fourth-order valence-corrected chi connectivity index (χ4v) is 4.40. The summed E-state index contributed by atoms with van der Waals surface area (Å²) < 4.78 is 10.8. The summed E-state index contributed by atoms with van der Waals surface area (Å²) in [6, 6.07) is 13.5. The molecule has 33 heavy (non-hydrogen) atoms. The summed E-state index contributed by atoms with van der Waals surface area (Å²) >= 11 is 1.21. The minimum absolute atomic E-state index is 0.118. The van der Waals surface area contributed by atoms with Gasteiger partial charge in [-0.25, -0.2) is 0 Å². The minimum Gasteiger partial charge on any atom is -0.497 e. The molecule has 1 amide bonds. The molecule has 0 bridgehead atoms. The molecule has 1 aliphatic heterocycles. The van der Waals surface area contributed by atoms with E-state index in [-0.39, 0.29) is 11.7 Å². The van der Waals surface area contributed by atoms with Gasteiger partial charge < -0.3 is 24.3 Å². The Morgan fingerprint density at radius 2 is 1.88 bits per heavy atom. The van der Waals surface area contributed by atoms with E-state index >= 15 is 0 Å². The van der Waals surface area contributed by atoms with Crippen LogP contribution in [-0.2, 0) is 4.79 Å². The van der Waals surface area contributed by atoms with Crippen LogP contribution in [0.1, 0.15) is 12.5 Å². The number of piperazine rings is 1. The van der Waals surface area contributed by atoms with Crippen molar-refractivity contribution in [3.63, 3.8) is 0 Å². The number of hydrogen-bond donors (Lipinski definition) is 1. The Morgan fingerprint density at radius 3 is 2.55 bits per heavy atom. The monoisotopic (exact) mass is 467 g/mol. The second-order valence-corrected chi connectivity index (χ2v) is 8.79. The van der Waals surface area contributed by atoms with Gasteiger partial charge in [0.1, 0.15) is 5.75 Å². The van der Waals surface area contributed by atoms with Crippen molar-refractivity contribution in [3.05, 3.63) is 48.0 Å². The SMILES string of the molecule is CCN1CCN(c2ccc(NC(=O)CSc3nnc(-c4ccc(OC)cc4)o3)cc2C)CC1. The third kappa shape index (κ3) is 5.85. The lowest BCUT2D eigenvalue weighted by Gasteiger charge is -2.36. The first-order valence-electron chi connectivity index (χ1n) is 11.0. The lowest BCUT2D eigenvalue weighted by molar-refractivity contribution is -0.113. The van der Waals surface area contributed by atoms with E-state index in [1.807, 2.05) is 36.4 Å². The quantitative estimate of drug-likeness (QED) is 0.499. The number of benzene rings is 2. The topological polar surface area (TPSA) is 83.7 Å². The predicted molar refractivity (Wildman–Crippen MR) is 131 cm³/mol. The minimum atomic E-state index is -0.118. The van der Waals surface area contributed by atoms with E-state index in [2.05, 4.69) is 45.2 Å². The number of carbonyl (C=O) groups is 1. The maximum Gasteiger partial charge on any atom is 0.277 e. The molecule has 0 aliphatic carbocycles. The summed E-state index contributed by atoms with van der Waals surface area (Å²) in [5, 5.41) is 11.4. The van der Waals surface area contributed by atoms with Crippen LogP contribution in [0.2, 0.25) is 0 Å². The number of aromatic nitrogens is 2. The van der Waals surface area contributed by atoms with E-state index in [0.29, 0.717) is 11.1 Å². The first-order valence-corrected chi connectivity index (χ1v) is 12.0. The molecule has 9 heteroatoms. The highest BCUT2D eigenvalue weighted by atomic mass is 32.2. The molecular weight excluding hydrogens is 438 g/mol. The largest absolute Gasteiger partial charge is 0.497 e. The molecule has 1 N–H and O–H groups in total. The second kappa shape index (κ2) is 10.7. The van der Waals surface area contributed by atoms with Gasteiger partial charge in [0.15, 0.2) is 0 Å². The smallest absolute Gasteiger partial charge is 0.277 e. The van der Waals surface area contributed by atoms with Crippen LogP contribution >= 0.6 is 11.8 Å². The molecule has 0 atom stereocenters. The maximum absolute atomic E-state index is 12.4. The van der Waals surface area contributed by atoms with E-state index in [1.54, 1.807) is 7.11 Å². The molecule has 2 aromatic carbocycles. The van der Waals surface area contributed by atoms with Crippen LogP contribution in [0.4, 0.5) is 11.4 Å². The van der Waals surface area contributed by atoms with Crippen LogP contribution in [0.3, 0.4) is 0 Å². The van der Waals surface area contributed by atoms with Gasteiger partial charge in [0.05, 0.1) is 12.9 Å². The molecule has 1 saturated heterocycles. The van der Waals surface area contributed by atoms with E-state index in [9.17, 15) is 4.79 Å². The molecule has 2 heterocycles. The zero-order valence-corrected chi connectivity index (χ0v) is 20.0. The van der Waals surface area contributed by atoms with Gasteiger partial charge >= 0.3 is 0 Å². The number of nitrogens with zero attached hydrogens (tertiary/aromatic N) is 4. The van der Waals surface area contributed by atoms with Gasteiger partial charge in [0.25, 0.3) is 5.22 Å². The van der Waals surface area contributed by atoms with Gasteiger partial charge in [-0.2, -0.15) is 0 Å². The number of anilines is 2. The number of ether oxygens (including phenoxy) is 1. The first-order chi connectivity index (χ1) is 16.1. The third-order valence-corrected chi connectivity index (χ3v) is 6.53. The molecule has 3 aromatic rings. The highest BCUT2D eigenvalue weighted by molar-refractivity contribution is 7.99. The normalized spacial score (nSPS) is 14.3. The molecular formula is C24H29N5O3S. The second-order valence-electron chi connectivity index (χ2n) is 7.86. The average molecular weight is 468 g/mol. The lowest BCUT2D eigenvalue weighted by atomic mass is 10.1. The third-order valence-electron chi connectivity index (χ3n) is 5.71. The van der Waals surface area contributed by atoms with Crippen molar-refractivity contribution in [1.29, 1.82) is 0 Å². The Morgan fingerprint density at radius 1 is 1.12 bits per heavy atom. The molecule has 0 saturated carbocycles. The van der Waals surface area contributed by atoms with Gasteiger partial charge in [0.2, 0.25) is 11.8 Å². The lowest BCUT2D eigenvalue weighted by Crippen LogP contribution is -2.46. The highest BCUT2D eigenvalue weighted by Gasteiger charge is 2.18. The zero-order chi connectivity index (χ0) is 23.2. The Balaban J connectivity index is 1.29. The van der Waals surface area contributed by atoms with Gasteiger partial charge in [-0.05, 0) is 61.5 Å². The van der Waals surface area contributed by atoms with Gasteiger partial charge in [0, 0.05) is 43.1 Å². The summed E-state index contributed by atoms with van der Waals surface area (Å²) in [5.41, 5.74) is 3.98. The van der Waals surface area contributed by atoms with Crippen LogP contribution in [0, 0.1) is 6.92 Å². The van der Waals surface area contributed by atoms with Crippen molar-refractivity contribution in [3.8, 4) is 17.2 Å². The van der Waals surface area contributed by atoms with Gasteiger partial charge in [-0.3, -0.25) is 4.79 Å². The maximum atomic E-state index is 12.4. The Kier molecular flexibility index (Phi) is 7.51. The predicted octanol–water partition coefficient (Wildman–Crippen LogP) is 3.93. The number of amides is 1. The zero-order valence-electron chi connectivity index (χ0n) is 19.2. The highest BCUT2D eigenvalue weighted by Crippen LogP contribution is 2.27. The van der Waals surface area contributed by atoms with Crippen molar-refractivity contribution in [2.24, 2.45) is 0 Å². The molecule has 0 radical (unpaired) electrons. The number of rotatable bonds is 8. The summed E-state index contributed by atoms with van der Waals surface area (Å²) in [5.74, 6) is 1.23. The average Bonchev–Trinajstić information content (AvgIpc) is 3.32. The molecule has 0 spiro atoms. The van der Waals surface area contributed by atoms with Crippen molar-refractivity contribution < 1.29 is 13.9 Å². The van der Waals surface area contributed by atoms with Crippen molar-refractivity contribution >= 4 is 29.0 Å². The van der Waals surface area contributed by atoms with E-state index in [4.69, 9.17) is 9.15 Å². The van der Waals surface area contributed by atoms with E-state index < -0.39 is 0 Å². The van der Waals surface area contributed by atoms with E-state index in [1.165, 1.54) is 17.4 Å². The van der Waals surface area contributed by atoms with Crippen LogP contribution < -0.4 is 15.0 Å². The summed E-state index contributed by atoms with van der Waals surface area (Å²) in [4.78, 5) is 17.3. The summed E-state index contributed by atoms with van der Waals surface area (Å²) in [6.45, 7) is 9.62. The number of aryl methyl sites for hydroxylation is 1. The van der Waals surface area contributed by atoms with Crippen LogP contribution in [-0.4, -0.2) is 66.6 Å². The molecule has 1 aromatic heterocycles. The van der Waals surface area contributed by atoms with Gasteiger partial charge in [-0.15, -0.1) is 10.2 Å². The number of nitrogens with one attached hydrogen (secondary N) is 1. The number of methoxy groups -OCH3 is 1. The molecule has 8 nitrogen and oxygen atoms in total. The number of hydrogen-bond acceptors (Lipinski definition) is 8. The number of likely N-dealkylation sites (N-methyl/N-ethyl adjacent to an activating group) is 1. The van der Waals surface area contributed by atoms with Crippen molar-refractivity contribution in [2.45, 2.75) is 19.1 Å². The van der Waals surface area contributed by atoms with Crippen molar-refractivity contribution in [2.75, 3.05) is 55.8 Å². The number of thioether (sulfide) groups is 1. The van der Waals surface area contributed by atoms with Crippen LogP contribution in [0.5, 0.6) is 5.75 Å². The summed E-state index contributed by atoms with van der Waals surface area (Å²) in [7, 11) is 1.62. The number of carbonyl (C=O) groups excluding carboxylic acids is 1. The first kappa shape index (κ1) is 23.1. The fourth-order valence-electron chi connectivity index (χ4n) is 3.84. The van der Waals surface area contributed by atoms with Crippen LogP contribution in [0.25, 0.3) is 11.5 Å². The summed E-state index contributed by atoms with van der Waals surface area (Å²) in [6.07, 6.45) is 0.